The predicted molar refractivity (Wildman–Crippen MR) is 110 cm³/mol. The highest BCUT2D eigenvalue weighted by atomic mass is 19.1. The van der Waals surface area contributed by atoms with Gasteiger partial charge in [-0.05, 0) is 47.6 Å². The molecular formula is C21H29F2N3O5. The van der Waals surface area contributed by atoms with Crippen LogP contribution in [0.5, 0.6) is 0 Å². The maximum atomic E-state index is 15.2. The Labute approximate surface area is 180 Å². The van der Waals surface area contributed by atoms with E-state index in [0.717, 1.165) is 13.2 Å². The molecule has 1 aromatic carbocycles. The van der Waals surface area contributed by atoms with E-state index in [-0.39, 0.29) is 23.2 Å². The normalized spacial score (nSPS) is 19.7. The van der Waals surface area contributed by atoms with Crippen LogP contribution in [0.1, 0.15) is 25.0 Å². The van der Waals surface area contributed by atoms with Gasteiger partial charge >= 0.3 is 11.9 Å². The average molecular weight is 441 g/mol. The van der Waals surface area contributed by atoms with Gasteiger partial charge in [-0.3, -0.25) is 19.4 Å². The van der Waals surface area contributed by atoms with Crippen molar-refractivity contribution in [2.45, 2.75) is 44.4 Å². The second-order valence-corrected chi connectivity index (χ2v) is 8.21. The first-order valence-electron chi connectivity index (χ1n) is 9.79. The summed E-state index contributed by atoms with van der Waals surface area (Å²) in [6.45, 7) is 3.20. The van der Waals surface area contributed by atoms with E-state index in [4.69, 9.17) is 9.47 Å². The molecule has 0 bridgehead atoms. The standard InChI is InChI=1S/C21H29F2N3O5/c1-11(25(3)4)18(27)24-16-8-15(22)13-9-21(20(29)30-7,10-14(13)17(16)23)31-19(28)12(2)26(5)6/h8,11-12H,9-10H2,1-7H3,(H,24,27)/t11-,12?,21?/m1/s1. The predicted octanol–water partition coefficient (Wildman–Crippen LogP) is 1.36. The Hall–Kier alpha value is -2.59. The minimum Gasteiger partial charge on any atom is -0.466 e. The number of nitrogens with zero attached hydrogens (tertiary/aromatic N) is 2. The van der Waals surface area contributed by atoms with Crippen molar-refractivity contribution in [3.63, 3.8) is 0 Å². The Balaban J connectivity index is 2.42. The van der Waals surface area contributed by atoms with Crippen LogP contribution in [-0.4, -0.2) is 80.6 Å². The molecule has 1 aliphatic carbocycles. The number of carbonyl (C=O) groups excluding carboxylic acids is 3. The highest BCUT2D eigenvalue weighted by Gasteiger charge is 2.51. The largest absolute Gasteiger partial charge is 0.466 e. The highest BCUT2D eigenvalue weighted by molar-refractivity contribution is 5.95. The van der Waals surface area contributed by atoms with E-state index in [1.807, 2.05) is 0 Å². The first kappa shape index (κ1) is 24.7. The molecule has 1 aliphatic rings. The summed E-state index contributed by atoms with van der Waals surface area (Å²) in [4.78, 5) is 40.6. The van der Waals surface area contributed by atoms with Gasteiger partial charge in [0.15, 0.2) is 5.82 Å². The zero-order valence-corrected chi connectivity index (χ0v) is 18.8. The van der Waals surface area contributed by atoms with Gasteiger partial charge in [-0.15, -0.1) is 0 Å². The summed E-state index contributed by atoms with van der Waals surface area (Å²) in [7, 11) is 7.78. The van der Waals surface area contributed by atoms with Crippen molar-refractivity contribution >= 4 is 23.5 Å². The molecular weight excluding hydrogens is 412 g/mol. The van der Waals surface area contributed by atoms with Crippen LogP contribution in [0.3, 0.4) is 0 Å². The van der Waals surface area contributed by atoms with Gasteiger partial charge < -0.3 is 14.8 Å². The number of methoxy groups -OCH3 is 1. The zero-order chi connectivity index (χ0) is 23.7. The molecule has 0 aromatic heterocycles. The molecule has 172 valence electrons. The summed E-state index contributed by atoms with van der Waals surface area (Å²) in [6.07, 6.45) is -0.775. The smallest absolute Gasteiger partial charge is 0.351 e. The molecule has 0 fully saturated rings. The van der Waals surface area contributed by atoms with Gasteiger partial charge in [0, 0.05) is 24.5 Å². The van der Waals surface area contributed by atoms with E-state index in [9.17, 15) is 18.8 Å². The Kier molecular flexibility index (Phi) is 7.38. The van der Waals surface area contributed by atoms with Crippen molar-refractivity contribution in [1.29, 1.82) is 0 Å². The molecule has 8 nitrogen and oxygen atoms in total. The lowest BCUT2D eigenvalue weighted by atomic mass is 10.00. The molecule has 0 spiro atoms. The van der Waals surface area contributed by atoms with Gasteiger partial charge in [-0.25, -0.2) is 13.6 Å². The van der Waals surface area contributed by atoms with Crippen LogP contribution in [0, 0.1) is 11.6 Å². The lowest BCUT2D eigenvalue weighted by molar-refractivity contribution is -0.182. The molecule has 1 amide bonds. The number of likely N-dealkylation sites (N-methyl/N-ethyl adjacent to an activating group) is 2. The third-order valence-corrected chi connectivity index (χ3v) is 5.73. The van der Waals surface area contributed by atoms with Crippen molar-refractivity contribution in [3.05, 3.63) is 28.8 Å². The van der Waals surface area contributed by atoms with E-state index >= 15 is 4.39 Å². The average Bonchev–Trinajstić information content (AvgIpc) is 3.11. The van der Waals surface area contributed by atoms with Crippen LogP contribution in [0.15, 0.2) is 6.07 Å². The monoisotopic (exact) mass is 441 g/mol. The molecule has 0 aliphatic heterocycles. The quantitative estimate of drug-likeness (QED) is 0.639. The zero-order valence-electron chi connectivity index (χ0n) is 18.8. The number of esters is 2. The number of halogens is 2. The summed E-state index contributed by atoms with van der Waals surface area (Å²) in [5.74, 6) is -3.84. The van der Waals surface area contributed by atoms with Crippen molar-refractivity contribution in [3.8, 4) is 0 Å². The van der Waals surface area contributed by atoms with Crippen molar-refractivity contribution in [2.75, 3.05) is 40.6 Å². The SMILES string of the molecule is COC(=O)C1(OC(=O)C(C)N(C)C)Cc2c(F)cc(NC(=O)[C@@H](C)N(C)C)c(F)c2C1. The number of hydrogen-bond acceptors (Lipinski definition) is 7. The molecule has 0 saturated heterocycles. The number of carbonyl (C=O) groups is 3. The molecule has 2 unspecified atom stereocenters. The maximum absolute atomic E-state index is 15.2. The second-order valence-electron chi connectivity index (χ2n) is 8.21. The summed E-state index contributed by atoms with van der Waals surface area (Å²) in [5.41, 5.74) is -2.46. The number of fused-ring (bicyclic) bond motifs is 1. The Bertz CT molecular complexity index is 890. The molecule has 1 N–H and O–H groups in total. The summed E-state index contributed by atoms with van der Waals surface area (Å²) in [5, 5.41) is 2.38. The van der Waals surface area contributed by atoms with Crippen molar-refractivity contribution in [2.24, 2.45) is 0 Å². The first-order chi connectivity index (χ1) is 14.3. The molecule has 3 atom stereocenters. The van der Waals surface area contributed by atoms with E-state index in [2.05, 4.69) is 5.32 Å². The number of nitrogens with one attached hydrogen (secondary N) is 1. The van der Waals surface area contributed by atoms with Gasteiger partial charge in [0.1, 0.15) is 11.9 Å². The fraction of sp³-hybridized carbons (Fsp3) is 0.571. The van der Waals surface area contributed by atoms with Crippen LogP contribution >= 0.6 is 0 Å². The van der Waals surface area contributed by atoms with Crippen LogP contribution in [0.2, 0.25) is 0 Å². The first-order valence-corrected chi connectivity index (χ1v) is 9.79. The van der Waals surface area contributed by atoms with Crippen molar-refractivity contribution < 1.29 is 32.6 Å². The van der Waals surface area contributed by atoms with Gasteiger partial charge in [-0.1, -0.05) is 0 Å². The lowest BCUT2D eigenvalue weighted by Crippen LogP contribution is -2.48. The third kappa shape index (κ3) is 4.85. The molecule has 0 saturated carbocycles. The maximum Gasteiger partial charge on any atom is 0.351 e. The molecule has 31 heavy (non-hydrogen) atoms. The van der Waals surface area contributed by atoms with Gasteiger partial charge in [0.05, 0.1) is 18.8 Å². The van der Waals surface area contributed by atoms with Gasteiger partial charge in [-0.2, -0.15) is 0 Å². The third-order valence-electron chi connectivity index (χ3n) is 5.73. The molecule has 1 aromatic rings. The van der Waals surface area contributed by atoms with Crippen LogP contribution < -0.4 is 5.32 Å². The molecule has 0 radical (unpaired) electrons. The van der Waals surface area contributed by atoms with Gasteiger partial charge in [0.25, 0.3) is 0 Å². The Morgan fingerprint density at radius 3 is 2.10 bits per heavy atom. The van der Waals surface area contributed by atoms with Crippen molar-refractivity contribution in [1.82, 2.24) is 9.80 Å². The van der Waals surface area contributed by atoms with Crippen LogP contribution in [0.25, 0.3) is 0 Å². The van der Waals surface area contributed by atoms with E-state index in [0.29, 0.717) is 0 Å². The number of benzene rings is 1. The Morgan fingerprint density at radius 2 is 1.58 bits per heavy atom. The van der Waals surface area contributed by atoms with E-state index in [1.54, 1.807) is 51.8 Å². The minimum absolute atomic E-state index is 0.0909. The van der Waals surface area contributed by atoms with Gasteiger partial charge in [0.2, 0.25) is 11.5 Å². The molecule has 10 heteroatoms. The van der Waals surface area contributed by atoms with E-state index in [1.165, 1.54) is 0 Å². The second kappa shape index (κ2) is 9.27. The minimum atomic E-state index is -1.89. The lowest BCUT2D eigenvalue weighted by Gasteiger charge is -2.29. The number of amides is 1. The molecule has 0 heterocycles. The fourth-order valence-electron chi connectivity index (χ4n) is 3.22. The summed E-state index contributed by atoms with van der Waals surface area (Å²) >= 11 is 0. The summed E-state index contributed by atoms with van der Waals surface area (Å²) < 4.78 is 40.3. The van der Waals surface area contributed by atoms with Crippen LogP contribution in [-0.2, 0) is 36.7 Å². The topological polar surface area (TPSA) is 88.2 Å². The number of ether oxygens (including phenoxy) is 2. The fourth-order valence-corrected chi connectivity index (χ4v) is 3.22. The van der Waals surface area contributed by atoms with Crippen LogP contribution in [0.4, 0.5) is 14.5 Å². The Morgan fingerprint density at radius 1 is 1.03 bits per heavy atom. The highest BCUT2D eigenvalue weighted by Crippen LogP contribution is 2.39. The number of hydrogen-bond donors (Lipinski definition) is 1. The summed E-state index contributed by atoms with van der Waals surface area (Å²) in [6, 6.07) is -0.410. The number of rotatable bonds is 7. The number of anilines is 1. The van der Waals surface area contributed by atoms with E-state index < -0.39 is 53.6 Å². The molecule has 2 rings (SSSR count).